The van der Waals surface area contributed by atoms with Crippen LogP contribution in [0.5, 0.6) is 5.75 Å². The van der Waals surface area contributed by atoms with Gasteiger partial charge in [0.2, 0.25) is 0 Å². The number of anilines is 2. The van der Waals surface area contributed by atoms with Gasteiger partial charge in [-0.25, -0.2) is 14.2 Å². The molecule has 14 heteroatoms. The molecule has 2 unspecified atom stereocenters. The number of hydrogen-bond acceptors (Lipinski definition) is 9. The second-order valence-electron chi connectivity index (χ2n) is 11.8. The molecule has 4 aromatic rings. The van der Waals surface area contributed by atoms with Crippen molar-refractivity contribution in [2.45, 2.75) is 31.5 Å². The zero-order valence-electron chi connectivity index (χ0n) is 25.6. The van der Waals surface area contributed by atoms with E-state index < -0.39 is 17.7 Å². The highest BCUT2D eigenvalue weighted by atomic mass is 35.5. The molecule has 1 amide bonds. The van der Waals surface area contributed by atoms with E-state index in [0.29, 0.717) is 52.6 Å². The quantitative estimate of drug-likeness (QED) is 0.202. The van der Waals surface area contributed by atoms with Crippen LogP contribution in [0.1, 0.15) is 39.1 Å². The van der Waals surface area contributed by atoms with Gasteiger partial charge in [-0.1, -0.05) is 41.4 Å². The number of carbonyl (C=O) groups is 2. The lowest BCUT2D eigenvalue weighted by Crippen LogP contribution is -2.46. The summed E-state index contributed by atoms with van der Waals surface area (Å²) in [5, 5.41) is 18.1. The average molecular weight is 692 g/mol. The van der Waals surface area contributed by atoms with E-state index in [9.17, 15) is 14.7 Å². The third-order valence-corrected chi connectivity index (χ3v) is 9.55. The second-order valence-corrected chi connectivity index (χ2v) is 12.6. The Bertz CT molecular complexity index is 1970. The van der Waals surface area contributed by atoms with Crippen LogP contribution < -0.4 is 15.4 Å². The number of azo groups is 1. The van der Waals surface area contributed by atoms with Crippen molar-refractivity contribution in [1.82, 2.24) is 9.88 Å². The van der Waals surface area contributed by atoms with Crippen LogP contribution >= 0.6 is 23.2 Å². The number of benzene rings is 3. The number of aromatic carboxylic acids is 1. The number of para-hydroxylation sites is 1. The van der Waals surface area contributed by atoms with E-state index in [1.54, 1.807) is 42.5 Å². The molecule has 3 aliphatic rings. The lowest BCUT2D eigenvalue weighted by Gasteiger charge is -2.37. The number of morpholine rings is 1. The number of halogens is 3. The van der Waals surface area contributed by atoms with Gasteiger partial charge >= 0.3 is 5.97 Å². The molecule has 3 N–H and O–H groups in total. The van der Waals surface area contributed by atoms with Crippen molar-refractivity contribution in [1.29, 1.82) is 0 Å². The van der Waals surface area contributed by atoms with Crippen molar-refractivity contribution in [2.24, 2.45) is 10.2 Å². The smallest absolute Gasteiger partial charge is 0.337 e. The molecule has 0 aliphatic carbocycles. The van der Waals surface area contributed by atoms with Crippen molar-refractivity contribution in [3.8, 4) is 28.0 Å². The summed E-state index contributed by atoms with van der Waals surface area (Å²) in [5.41, 5.74) is 9.25. The Morgan fingerprint density at radius 1 is 1.04 bits per heavy atom. The Labute approximate surface area is 284 Å². The van der Waals surface area contributed by atoms with E-state index in [4.69, 9.17) is 38.4 Å². The molecule has 7 rings (SSSR count). The molecule has 3 aromatic carbocycles. The summed E-state index contributed by atoms with van der Waals surface area (Å²) in [4.78, 5) is 33.6. The Balaban J connectivity index is 1.20. The van der Waals surface area contributed by atoms with Crippen LogP contribution in [-0.4, -0.2) is 65.9 Å². The first kappa shape index (κ1) is 31.8. The van der Waals surface area contributed by atoms with Gasteiger partial charge in [0.1, 0.15) is 17.3 Å². The zero-order chi connectivity index (χ0) is 33.7. The molecule has 48 heavy (non-hydrogen) atoms. The number of carboxylic acids is 1. The summed E-state index contributed by atoms with van der Waals surface area (Å²) in [6.07, 6.45) is 3.26. The SMILES string of the molecule is CN=Nc1c(-c2cc(Cl)c(C(=O)N3COc4c(cccc4-c4cc(N5C6CCC5COC6)c(C(=O)O)cc4F)C3)c(Cl)c2)ccnc1N. The molecule has 1 aromatic heterocycles. The monoisotopic (exact) mass is 690 g/mol. The van der Waals surface area contributed by atoms with Crippen molar-refractivity contribution in [2.75, 3.05) is 37.6 Å². The number of pyridine rings is 1. The van der Waals surface area contributed by atoms with Crippen LogP contribution in [0, 0.1) is 5.82 Å². The molecule has 11 nitrogen and oxygen atoms in total. The van der Waals surface area contributed by atoms with Gasteiger partial charge in [-0.05, 0) is 48.7 Å². The predicted octanol–water partition coefficient (Wildman–Crippen LogP) is 7.22. The van der Waals surface area contributed by atoms with Crippen molar-refractivity contribution in [3.63, 3.8) is 0 Å². The number of fused-ring (bicyclic) bond motifs is 3. The largest absolute Gasteiger partial charge is 0.478 e. The maximum absolute atomic E-state index is 15.7. The molecular weight excluding hydrogens is 662 g/mol. The fourth-order valence-electron chi connectivity index (χ4n) is 6.79. The van der Waals surface area contributed by atoms with Gasteiger partial charge < -0.3 is 30.1 Å². The first-order valence-electron chi connectivity index (χ1n) is 15.2. The zero-order valence-corrected chi connectivity index (χ0v) is 27.1. The number of nitrogens with two attached hydrogens (primary N) is 1. The second kappa shape index (κ2) is 12.7. The summed E-state index contributed by atoms with van der Waals surface area (Å²) in [7, 11) is 1.51. The minimum atomic E-state index is -1.20. The number of amides is 1. The molecule has 4 heterocycles. The third kappa shape index (κ3) is 5.49. The van der Waals surface area contributed by atoms with Crippen molar-refractivity contribution < 1.29 is 28.6 Å². The summed E-state index contributed by atoms with van der Waals surface area (Å²) in [5.74, 6) is -1.78. The van der Waals surface area contributed by atoms with E-state index in [1.807, 2.05) is 0 Å². The Hall–Kier alpha value is -4.78. The van der Waals surface area contributed by atoms with E-state index >= 15 is 4.39 Å². The van der Waals surface area contributed by atoms with E-state index in [1.165, 1.54) is 18.1 Å². The number of carbonyl (C=O) groups excluding carboxylic acids is 1. The van der Waals surface area contributed by atoms with Crippen LogP contribution in [0.2, 0.25) is 10.0 Å². The minimum absolute atomic E-state index is 0.0140. The molecule has 0 spiro atoms. The molecule has 246 valence electrons. The number of nitrogen functional groups attached to an aromatic ring is 1. The fourth-order valence-corrected chi connectivity index (χ4v) is 7.44. The first-order chi connectivity index (χ1) is 23.2. The van der Waals surface area contributed by atoms with Gasteiger partial charge in [-0.15, -0.1) is 0 Å². The number of aromatic nitrogens is 1. The van der Waals surface area contributed by atoms with Gasteiger partial charge in [0, 0.05) is 35.5 Å². The number of rotatable bonds is 6. The highest BCUT2D eigenvalue weighted by molar-refractivity contribution is 6.40. The Kier molecular flexibility index (Phi) is 8.40. The Morgan fingerprint density at radius 3 is 2.46 bits per heavy atom. The van der Waals surface area contributed by atoms with Crippen molar-refractivity contribution in [3.05, 3.63) is 87.3 Å². The van der Waals surface area contributed by atoms with Crippen LogP contribution in [0.4, 0.5) is 21.6 Å². The van der Waals surface area contributed by atoms with Crippen LogP contribution in [-0.2, 0) is 11.3 Å². The van der Waals surface area contributed by atoms with E-state index in [0.717, 1.165) is 18.9 Å². The van der Waals surface area contributed by atoms with Gasteiger partial charge in [0.25, 0.3) is 5.91 Å². The van der Waals surface area contributed by atoms with Crippen LogP contribution in [0.15, 0.2) is 65.0 Å². The third-order valence-electron chi connectivity index (χ3n) is 8.95. The topological polar surface area (TPSA) is 143 Å². The number of hydrogen-bond donors (Lipinski definition) is 2. The van der Waals surface area contributed by atoms with E-state index in [-0.39, 0.29) is 57.9 Å². The molecule has 0 saturated carbocycles. The van der Waals surface area contributed by atoms with Gasteiger partial charge in [-0.3, -0.25) is 4.79 Å². The summed E-state index contributed by atoms with van der Waals surface area (Å²) < 4.78 is 27.5. The lowest BCUT2D eigenvalue weighted by molar-refractivity contribution is 0.0516. The predicted molar refractivity (Wildman–Crippen MR) is 179 cm³/mol. The molecule has 2 saturated heterocycles. The fraction of sp³-hybridized carbons (Fsp3) is 0.265. The Morgan fingerprint density at radius 2 is 1.77 bits per heavy atom. The van der Waals surface area contributed by atoms with Gasteiger partial charge in [0.05, 0.1) is 58.7 Å². The summed E-state index contributed by atoms with van der Waals surface area (Å²) in [6.45, 7) is 0.941. The first-order valence-corrected chi connectivity index (χ1v) is 15.9. The minimum Gasteiger partial charge on any atom is -0.478 e. The van der Waals surface area contributed by atoms with Gasteiger partial charge in [0.15, 0.2) is 12.5 Å². The highest BCUT2D eigenvalue weighted by Gasteiger charge is 2.40. The number of carboxylic acid groups (broad SMARTS) is 1. The molecule has 0 radical (unpaired) electrons. The highest BCUT2D eigenvalue weighted by Crippen LogP contribution is 2.44. The number of ether oxygens (including phenoxy) is 2. The summed E-state index contributed by atoms with van der Waals surface area (Å²) >= 11 is 13.3. The molecule has 2 atom stereocenters. The molecule has 3 aliphatic heterocycles. The molecule has 2 fully saturated rings. The lowest BCUT2D eigenvalue weighted by atomic mass is 9.96. The number of nitrogens with zero attached hydrogens (tertiary/aromatic N) is 5. The van der Waals surface area contributed by atoms with Crippen LogP contribution in [0.25, 0.3) is 22.3 Å². The van der Waals surface area contributed by atoms with Gasteiger partial charge in [-0.2, -0.15) is 10.2 Å². The summed E-state index contributed by atoms with van der Waals surface area (Å²) in [6, 6.07) is 12.8. The van der Waals surface area contributed by atoms with Crippen LogP contribution in [0.3, 0.4) is 0 Å². The normalized spacial score (nSPS) is 18.6. The molecule has 2 bridgehead atoms. The van der Waals surface area contributed by atoms with E-state index in [2.05, 4.69) is 20.1 Å². The van der Waals surface area contributed by atoms with Crippen molar-refractivity contribution >= 4 is 52.3 Å². The standard InChI is InChI=1S/C34H29Cl2FN6O5/c1-39-41-30-21(7-8-40-32(30)38)18-9-25(35)29(26(36)10-18)33(44)42-13-17-3-2-4-22(31(17)48-16-42)23-12-28(24(34(45)46)11-27(23)37)43-19-5-6-20(43)15-47-14-19/h2-4,7-12,19-20H,5-6,13-16H2,1H3,(H2,38,40)(H,45,46). The average Bonchev–Trinajstić information content (AvgIpc) is 3.31. The maximum atomic E-state index is 15.7. The molecular formula is C34H29Cl2FN6O5. The maximum Gasteiger partial charge on any atom is 0.337 e.